The SMILES string of the molecule is C[C@H](NC(=O)[C@@H](COC(C)(C)C)NC(=O)c1ccccc1)C(=O)NC(Cc1ccc(N=C(NC(=O)OC(C)(C)C)NC(=O)OC(C)(C)C)cc1)P(=O)(Oc1ccccc1)Oc1ccccc1. The largest absolute Gasteiger partial charge is 0.453 e. The molecule has 3 atom stereocenters. The third kappa shape index (κ3) is 18.4. The number of ether oxygens (including phenoxy) is 3. The van der Waals surface area contributed by atoms with Crippen molar-refractivity contribution in [2.75, 3.05) is 6.61 Å². The van der Waals surface area contributed by atoms with Crippen molar-refractivity contribution in [3.8, 4) is 11.5 Å². The average molecular weight is 929 g/mol. The Kier molecular flexibility index (Phi) is 18.1. The zero-order valence-corrected chi connectivity index (χ0v) is 39.9. The van der Waals surface area contributed by atoms with E-state index >= 15 is 4.57 Å². The van der Waals surface area contributed by atoms with E-state index in [2.05, 4.69) is 31.6 Å². The van der Waals surface area contributed by atoms with Crippen LogP contribution in [0.15, 0.2) is 120 Å². The Bertz CT molecular complexity index is 2250. The Morgan fingerprint density at radius 2 is 1.06 bits per heavy atom. The van der Waals surface area contributed by atoms with E-state index in [1.165, 1.54) is 6.92 Å². The van der Waals surface area contributed by atoms with Gasteiger partial charge in [0, 0.05) is 12.0 Å². The monoisotopic (exact) mass is 928 g/mol. The zero-order valence-electron chi connectivity index (χ0n) is 39.0. The van der Waals surface area contributed by atoms with Gasteiger partial charge in [-0.05, 0) is 123 Å². The third-order valence-electron chi connectivity index (χ3n) is 8.58. The van der Waals surface area contributed by atoms with E-state index in [0.717, 1.165) is 0 Å². The van der Waals surface area contributed by atoms with Crippen molar-refractivity contribution in [1.29, 1.82) is 0 Å². The maximum Gasteiger partial charge on any atom is 0.453 e. The number of rotatable bonds is 16. The Balaban J connectivity index is 1.67. The summed E-state index contributed by atoms with van der Waals surface area (Å²) < 4.78 is 44.1. The number of aliphatic imine (C=N–C) groups is 1. The van der Waals surface area contributed by atoms with Crippen molar-refractivity contribution in [2.24, 2.45) is 4.99 Å². The van der Waals surface area contributed by atoms with Crippen molar-refractivity contribution in [2.45, 2.75) is 110 Å². The molecule has 0 heterocycles. The fourth-order valence-electron chi connectivity index (χ4n) is 5.61. The average Bonchev–Trinajstić information content (AvgIpc) is 3.21. The Labute approximate surface area is 386 Å². The van der Waals surface area contributed by atoms with Gasteiger partial charge >= 0.3 is 19.8 Å². The van der Waals surface area contributed by atoms with Crippen LogP contribution in [0.4, 0.5) is 15.3 Å². The van der Waals surface area contributed by atoms with E-state index < -0.39 is 72.2 Å². The Morgan fingerprint density at radius 3 is 1.52 bits per heavy atom. The van der Waals surface area contributed by atoms with E-state index in [9.17, 15) is 24.0 Å². The second-order valence-corrected chi connectivity index (χ2v) is 20.1. The number of benzene rings is 4. The molecule has 0 spiro atoms. The molecule has 0 aliphatic heterocycles. The molecule has 17 nitrogen and oxygen atoms in total. The van der Waals surface area contributed by atoms with Gasteiger partial charge in [-0.15, -0.1) is 0 Å². The highest BCUT2D eigenvalue weighted by Crippen LogP contribution is 2.53. The van der Waals surface area contributed by atoms with E-state index in [-0.39, 0.29) is 36.2 Å². The first-order chi connectivity index (χ1) is 30.9. The molecule has 5 amide bonds. The summed E-state index contributed by atoms with van der Waals surface area (Å²) in [4.78, 5) is 70.9. The lowest BCUT2D eigenvalue weighted by Gasteiger charge is -2.30. The molecule has 4 rings (SSSR count). The first kappa shape index (κ1) is 51.9. The number of alkyl carbamates (subject to hydrolysis) is 2. The normalized spacial score (nSPS) is 13.1. The van der Waals surface area contributed by atoms with E-state index in [1.54, 1.807) is 178 Å². The summed E-state index contributed by atoms with van der Waals surface area (Å²) in [7, 11) is -4.44. The van der Waals surface area contributed by atoms with Crippen LogP contribution in [0.3, 0.4) is 0 Å². The second-order valence-electron chi connectivity index (χ2n) is 18.0. The standard InChI is InChI=1S/C48H61N6O11P/c1-32(49-42(57)38(31-61-46(2,3)4)51-41(56)34-20-14-11-15-21-34)40(55)52-39(66(60,64-36-22-16-12-17-23-36)65-37-24-18-13-19-25-37)30-33-26-28-35(29-27-33)50-43(53-44(58)62-47(5,6)7)54-45(59)63-48(8,9)10/h11-29,32,38-39H,30-31H2,1-10H3,(H,49,57)(H,51,56)(H,52,55)(H2,50,53,54,58,59)/t32-,38+,39?/m0/s1. The summed E-state index contributed by atoms with van der Waals surface area (Å²) in [5.74, 6) is -3.25. The Hall–Kier alpha value is -6.71. The maximum atomic E-state index is 15.3. The summed E-state index contributed by atoms with van der Waals surface area (Å²) in [6.07, 6.45) is -1.89. The Morgan fingerprint density at radius 1 is 0.591 bits per heavy atom. The van der Waals surface area contributed by atoms with E-state index in [1.807, 2.05) is 0 Å². The molecule has 0 radical (unpaired) electrons. The van der Waals surface area contributed by atoms with E-state index in [0.29, 0.717) is 11.1 Å². The first-order valence-electron chi connectivity index (χ1n) is 21.2. The lowest BCUT2D eigenvalue weighted by atomic mass is 10.1. The molecule has 354 valence electrons. The van der Waals surface area contributed by atoms with Crippen molar-refractivity contribution < 1.29 is 51.8 Å². The highest BCUT2D eigenvalue weighted by atomic mass is 31.2. The molecule has 0 saturated heterocycles. The van der Waals surface area contributed by atoms with Gasteiger partial charge in [0.15, 0.2) is 5.78 Å². The number of hydrogen-bond acceptors (Lipinski definition) is 12. The zero-order chi connectivity index (χ0) is 48.7. The van der Waals surface area contributed by atoms with Crippen LogP contribution in [0.1, 0.15) is 85.2 Å². The summed E-state index contributed by atoms with van der Waals surface area (Å²) in [5, 5.41) is 13.0. The summed E-state index contributed by atoms with van der Waals surface area (Å²) in [6, 6.07) is 28.9. The third-order valence-corrected chi connectivity index (χ3v) is 10.6. The van der Waals surface area contributed by atoms with Gasteiger partial charge in [-0.25, -0.2) is 19.1 Å². The number of para-hydroxylation sites is 2. The molecule has 0 fully saturated rings. The predicted molar refractivity (Wildman–Crippen MR) is 251 cm³/mol. The number of guanidine groups is 1. The topological polar surface area (TPSA) is 221 Å². The smallest absolute Gasteiger partial charge is 0.444 e. The number of hydrogen-bond donors (Lipinski definition) is 5. The van der Waals surface area contributed by atoms with E-state index in [4.69, 9.17) is 23.3 Å². The van der Waals surface area contributed by atoms with Crippen LogP contribution in [0.25, 0.3) is 0 Å². The predicted octanol–water partition coefficient (Wildman–Crippen LogP) is 8.18. The minimum absolute atomic E-state index is 0.137. The molecule has 66 heavy (non-hydrogen) atoms. The van der Waals surface area contributed by atoms with Crippen LogP contribution in [-0.2, 0) is 34.8 Å². The minimum atomic E-state index is -4.44. The highest BCUT2D eigenvalue weighted by molar-refractivity contribution is 7.55. The van der Waals surface area contributed by atoms with Gasteiger partial charge in [-0.2, -0.15) is 0 Å². The van der Waals surface area contributed by atoms with Crippen molar-refractivity contribution in [1.82, 2.24) is 26.6 Å². The van der Waals surface area contributed by atoms with Crippen molar-refractivity contribution in [3.63, 3.8) is 0 Å². The maximum absolute atomic E-state index is 15.3. The van der Waals surface area contributed by atoms with Crippen molar-refractivity contribution >= 4 is 49.2 Å². The van der Waals surface area contributed by atoms with Gasteiger partial charge in [0.2, 0.25) is 17.8 Å². The van der Waals surface area contributed by atoms with Crippen LogP contribution in [0.2, 0.25) is 0 Å². The van der Waals surface area contributed by atoms with Crippen LogP contribution in [-0.4, -0.2) is 77.1 Å². The van der Waals surface area contributed by atoms with Gasteiger partial charge in [0.25, 0.3) is 5.91 Å². The number of carbonyl (C=O) groups is 5. The number of nitrogens with one attached hydrogen (secondary N) is 5. The molecule has 5 N–H and O–H groups in total. The van der Waals surface area contributed by atoms with Gasteiger partial charge in [-0.1, -0.05) is 66.7 Å². The van der Waals surface area contributed by atoms with Gasteiger partial charge in [0.1, 0.15) is 34.8 Å². The molecule has 0 saturated carbocycles. The fraction of sp³-hybridized carbons (Fsp3) is 0.375. The molecular weight excluding hydrogens is 868 g/mol. The van der Waals surface area contributed by atoms with Crippen LogP contribution < -0.4 is 35.6 Å². The van der Waals surface area contributed by atoms with Crippen LogP contribution in [0.5, 0.6) is 11.5 Å². The minimum Gasteiger partial charge on any atom is -0.444 e. The number of carbonyl (C=O) groups excluding carboxylic acids is 5. The molecule has 18 heteroatoms. The number of nitrogens with zero attached hydrogens (tertiary/aromatic N) is 1. The fourth-order valence-corrected chi connectivity index (χ4v) is 7.45. The van der Waals surface area contributed by atoms with Crippen LogP contribution >= 0.6 is 7.60 Å². The first-order valence-corrected chi connectivity index (χ1v) is 22.8. The lowest BCUT2D eigenvalue weighted by Crippen LogP contribution is -2.55. The molecule has 1 unspecified atom stereocenters. The molecule has 0 aromatic heterocycles. The van der Waals surface area contributed by atoms with Crippen LogP contribution in [0, 0.1) is 0 Å². The van der Waals surface area contributed by atoms with Gasteiger partial charge in [-0.3, -0.25) is 25.0 Å². The summed E-state index contributed by atoms with van der Waals surface area (Å²) in [5.41, 5.74) is -1.25. The van der Waals surface area contributed by atoms with Crippen molar-refractivity contribution in [3.05, 3.63) is 126 Å². The molecule has 4 aromatic rings. The molecule has 0 bridgehead atoms. The number of amides is 5. The molecular formula is C48H61N6O11P. The van der Waals surface area contributed by atoms with Gasteiger partial charge in [0.05, 0.1) is 17.9 Å². The van der Waals surface area contributed by atoms with Gasteiger partial charge < -0.3 is 39.2 Å². The quantitative estimate of drug-likeness (QED) is 0.0410. The molecule has 0 aliphatic rings. The highest BCUT2D eigenvalue weighted by Gasteiger charge is 2.42. The molecule has 0 aliphatic carbocycles. The summed E-state index contributed by atoms with van der Waals surface area (Å²) in [6.45, 7) is 16.7. The summed E-state index contributed by atoms with van der Waals surface area (Å²) >= 11 is 0. The second kappa shape index (κ2) is 23.0. The molecule has 4 aromatic carbocycles. The lowest BCUT2D eigenvalue weighted by molar-refractivity contribution is -0.131.